The van der Waals surface area contributed by atoms with Crippen LogP contribution < -0.4 is 5.73 Å². The summed E-state index contributed by atoms with van der Waals surface area (Å²) in [6.07, 6.45) is 0. The Morgan fingerprint density at radius 2 is 2.43 bits per heavy atom. The maximum atomic E-state index is 11.4. The van der Waals surface area contributed by atoms with Crippen LogP contribution in [0.25, 0.3) is 0 Å². The summed E-state index contributed by atoms with van der Waals surface area (Å²) in [5.41, 5.74) is 6.41. The zero-order chi connectivity index (χ0) is 10.7. The van der Waals surface area contributed by atoms with Gasteiger partial charge in [0.05, 0.1) is 23.3 Å². The van der Waals surface area contributed by atoms with Crippen LogP contribution in [0.3, 0.4) is 0 Å². The molecule has 5 heteroatoms. The van der Waals surface area contributed by atoms with Crippen molar-refractivity contribution in [2.24, 2.45) is 5.73 Å². The molecule has 1 heterocycles. The van der Waals surface area contributed by atoms with Gasteiger partial charge in [0.25, 0.3) is 0 Å². The van der Waals surface area contributed by atoms with Crippen LogP contribution in [0.4, 0.5) is 0 Å². The van der Waals surface area contributed by atoms with Crippen molar-refractivity contribution in [2.45, 2.75) is 26.4 Å². The number of hydrogen-bond donors (Lipinski definition) is 1. The Labute approximate surface area is 87.7 Å². The van der Waals surface area contributed by atoms with Crippen LogP contribution in [0.2, 0.25) is 0 Å². The number of aryl methyl sites for hydroxylation is 1. The van der Waals surface area contributed by atoms with Gasteiger partial charge < -0.3 is 10.6 Å². The van der Waals surface area contributed by atoms with E-state index in [1.165, 1.54) is 0 Å². The van der Waals surface area contributed by atoms with Crippen molar-refractivity contribution >= 4 is 17.2 Å². The minimum absolute atomic E-state index is 0.0596. The Morgan fingerprint density at radius 3 is 2.86 bits per heavy atom. The number of nitrogens with zero attached hydrogens (tertiary/aromatic N) is 2. The minimum atomic E-state index is -0.445. The molecule has 0 unspecified atom stereocenters. The third-order valence-electron chi connectivity index (χ3n) is 1.83. The van der Waals surface area contributed by atoms with Gasteiger partial charge in [0.15, 0.2) is 0 Å². The minimum Gasteiger partial charge on any atom is -0.338 e. The van der Waals surface area contributed by atoms with Crippen LogP contribution in [-0.2, 0) is 11.3 Å². The van der Waals surface area contributed by atoms with Gasteiger partial charge in [-0.25, -0.2) is 4.98 Å². The van der Waals surface area contributed by atoms with Crippen molar-refractivity contribution < 1.29 is 4.79 Å². The molecule has 0 radical (unpaired) electrons. The second kappa shape index (κ2) is 4.52. The maximum absolute atomic E-state index is 11.4. The second-order valence-corrected chi connectivity index (χ2v) is 4.40. The summed E-state index contributed by atoms with van der Waals surface area (Å²) in [5, 5.41) is 2.97. The quantitative estimate of drug-likeness (QED) is 0.806. The molecule has 0 aliphatic rings. The zero-order valence-corrected chi connectivity index (χ0v) is 9.47. The summed E-state index contributed by atoms with van der Waals surface area (Å²) in [7, 11) is 1.74. The van der Waals surface area contributed by atoms with E-state index in [9.17, 15) is 4.79 Å². The molecular weight excluding hydrogens is 198 g/mol. The molecule has 1 atom stereocenters. The molecule has 4 nitrogen and oxygen atoms in total. The van der Waals surface area contributed by atoms with Gasteiger partial charge in [0.1, 0.15) is 0 Å². The Bertz CT molecular complexity index is 322. The lowest BCUT2D eigenvalue weighted by Gasteiger charge is -2.17. The van der Waals surface area contributed by atoms with Crippen LogP contribution in [0, 0.1) is 6.92 Å². The molecule has 0 spiro atoms. The number of rotatable bonds is 3. The van der Waals surface area contributed by atoms with Gasteiger partial charge in [0, 0.05) is 12.4 Å². The van der Waals surface area contributed by atoms with E-state index in [1.807, 2.05) is 12.3 Å². The van der Waals surface area contributed by atoms with E-state index in [4.69, 9.17) is 5.73 Å². The summed E-state index contributed by atoms with van der Waals surface area (Å²) >= 11 is 1.59. The highest BCUT2D eigenvalue weighted by Crippen LogP contribution is 2.09. The fraction of sp³-hybridized carbons (Fsp3) is 0.556. The van der Waals surface area contributed by atoms with Crippen molar-refractivity contribution in [1.82, 2.24) is 9.88 Å². The number of amides is 1. The molecule has 78 valence electrons. The lowest BCUT2D eigenvalue weighted by atomic mass is 10.3. The summed E-state index contributed by atoms with van der Waals surface area (Å²) < 4.78 is 0. The average Bonchev–Trinajstić information content (AvgIpc) is 2.49. The highest BCUT2D eigenvalue weighted by molar-refractivity contribution is 7.09. The van der Waals surface area contributed by atoms with Gasteiger partial charge in [-0.15, -0.1) is 11.3 Å². The molecule has 14 heavy (non-hydrogen) atoms. The van der Waals surface area contributed by atoms with Crippen molar-refractivity contribution in [3.05, 3.63) is 16.1 Å². The lowest BCUT2D eigenvalue weighted by molar-refractivity contribution is -0.131. The number of hydrogen-bond acceptors (Lipinski definition) is 4. The SMILES string of the molecule is Cc1nc(CN(C)C(=O)[C@@H](C)N)cs1. The van der Waals surface area contributed by atoms with Gasteiger partial charge in [-0.2, -0.15) is 0 Å². The second-order valence-electron chi connectivity index (χ2n) is 3.34. The predicted molar refractivity (Wildman–Crippen MR) is 57.0 cm³/mol. The Hall–Kier alpha value is -0.940. The fourth-order valence-electron chi connectivity index (χ4n) is 1.15. The summed E-state index contributed by atoms with van der Waals surface area (Å²) in [5.74, 6) is -0.0596. The van der Waals surface area contributed by atoms with E-state index in [0.717, 1.165) is 10.7 Å². The van der Waals surface area contributed by atoms with Gasteiger partial charge in [-0.05, 0) is 13.8 Å². The summed E-state index contributed by atoms with van der Waals surface area (Å²) in [6, 6.07) is -0.445. The fourth-order valence-corrected chi connectivity index (χ4v) is 1.75. The van der Waals surface area contributed by atoms with Crippen molar-refractivity contribution in [3.8, 4) is 0 Å². The van der Waals surface area contributed by atoms with Gasteiger partial charge >= 0.3 is 0 Å². The first-order valence-electron chi connectivity index (χ1n) is 4.42. The molecule has 0 aliphatic carbocycles. The number of aromatic nitrogens is 1. The molecule has 2 N–H and O–H groups in total. The Morgan fingerprint density at radius 1 is 1.79 bits per heavy atom. The first-order valence-corrected chi connectivity index (χ1v) is 5.30. The highest BCUT2D eigenvalue weighted by Gasteiger charge is 2.14. The molecule has 0 aliphatic heterocycles. The molecule has 0 saturated carbocycles. The van der Waals surface area contributed by atoms with Crippen LogP contribution in [0.1, 0.15) is 17.6 Å². The standard InChI is InChI=1S/C9H15N3OS/c1-6(10)9(13)12(3)4-8-5-14-7(2)11-8/h5-6H,4,10H2,1-3H3/t6-/m1/s1. The van der Waals surface area contributed by atoms with E-state index < -0.39 is 6.04 Å². The highest BCUT2D eigenvalue weighted by atomic mass is 32.1. The van der Waals surface area contributed by atoms with Gasteiger partial charge in [0.2, 0.25) is 5.91 Å². The van der Waals surface area contributed by atoms with E-state index in [0.29, 0.717) is 6.54 Å². The van der Waals surface area contributed by atoms with E-state index >= 15 is 0 Å². The van der Waals surface area contributed by atoms with Gasteiger partial charge in [-0.3, -0.25) is 4.79 Å². The molecule has 0 bridgehead atoms. The largest absolute Gasteiger partial charge is 0.338 e. The molecule has 1 aromatic heterocycles. The normalized spacial score (nSPS) is 12.6. The number of thiazole rings is 1. The van der Waals surface area contributed by atoms with Crippen molar-refractivity contribution in [2.75, 3.05) is 7.05 Å². The number of likely N-dealkylation sites (N-methyl/N-ethyl adjacent to an activating group) is 1. The topological polar surface area (TPSA) is 59.2 Å². The average molecular weight is 213 g/mol. The zero-order valence-electron chi connectivity index (χ0n) is 8.65. The van der Waals surface area contributed by atoms with Crippen molar-refractivity contribution in [3.63, 3.8) is 0 Å². The number of carbonyl (C=O) groups is 1. The molecular formula is C9H15N3OS. The van der Waals surface area contributed by atoms with Crippen LogP contribution in [0.5, 0.6) is 0 Å². The van der Waals surface area contributed by atoms with Crippen LogP contribution in [0.15, 0.2) is 5.38 Å². The Balaban J connectivity index is 2.57. The maximum Gasteiger partial charge on any atom is 0.239 e. The first kappa shape index (κ1) is 11.1. The molecule has 0 saturated heterocycles. The number of carbonyl (C=O) groups excluding carboxylic acids is 1. The smallest absolute Gasteiger partial charge is 0.239 e. The summed E-state index contributed by atoms with van der Waals surface area (Å²) in [4.78, 5) is 17.3. The monoisotopic (exact) mass is 213 g/mol. The summed E-state index contributed by atoms with van der Waals surface area (Å²) in [6.45, 7) is 4.16. The van der Waals surface area contributed by atoms with E-state index in [1.54, 1.807) is 30.2 Å². The van der Waals surface area contributed by atoms with Crippen molar-refractivity contribution in [1.29, 1.82) is 0 Å². The third kappa shape index (κ3) is 2.78. The van der Waals surface area contributed by atoms with Gasteiger partial charge in [-0.1, -0.05) is 0 Å². The van der Waals surface area contributed by atoms with Crippen LogP contribution in [-0.4, -0.2) is 28.9 Å². The molecule has 0 aromatic carbocycles. The molecule has 1 aromatic rings. The molecule has 0 fully saturated rings. The van der Waals surface area contributed by atoms with Crippen LogP contribution >= 0.6 is 11.3 Å². The number of nitrogens with two attached hydrogens (primary N) is 1. The predicted octanol–water partition coefficient (Wildman–Crippen LogP) is 0.757. The first-order chi connectivity index (χ1) is 6.50. The Kier molecular flexibility index (Phi) is 3.60. The van der Waals surface area contributed by atoms with E-state index in [-0.39, 0.29) is 5.91 Å². The lowest BCUT2D eigenvalue weighted by Crippen LogP contribution is -2.39. The molecule has 1 amide bonds. The third-order valence-corrected chi connectivity index (χ3v) is 2.65. The van der Waals surface area contributed by atoms with E-state index in [2.05, 4.69) is 4.98 Å². The molecule has 1 rings (SSSR count).